The minimum atomic E-state index is -0.267. The molecule has 6 aromatic heterocycles. The van der Waals surface area contributed by atoms with E-state index in [1.54, 1.807) is 49.3 Å². The van der Waals surface area contributed by atoms with Crippen LogP contribution in [-0.2, 0) is 22.4 Å². The molecule has 8 rings (SSSR count). The minimum absolute atomic E-state index is 0.0189. The summed E-state index contributed by atoms with van der Waals surface area (Å²) in [5, 5.41) is 44.8. The highest BCUT2D eigenvalue weighted by Gasteiger charge is 2.44. The highest BCUT2D eigenvalue weighted by Crippen LogP contribution is 2.39. The van der Waals surface area contributed by atoms with Crippen LogP contribution in [0.2, 0.25) is 0 Å². The summed E-state index contributed by atoms with van der Waals surface area (Å²) >= 11 is 0. The first-order chi connectivity index (χ1) is 27.2. The third kappa shape index (κ3) is 8.02. The quantitative estimate of drug-likeness (QED) is 0.116. The molecule has 6 aromatic rings. The fraction of sp³-hybridized carbons (Fsp3) is 0.250. The molecule has 4 atom stereocenters. The maximum Gasteiger partial charge on any atom is 0.230 e. The van der Waals surface area contributed by atoms with Crippen LogP contribution in [0.15, 0.2) is 73.6 Å². The Morgan fingerprint density at radius 1 is 0.696 bits per heavy atom. The molecule has 0 saturated heterocycles. The van der Waals surface area contributed by atoms with Gasteiger partial charge in [0.2, 0.25) is 11.8 Å². The summed E-state index contributed by atoms with van der Waals surface area (Å²) in [4.78, 5) is 50.1. The average molecular weight is 749 g/mol. The molecule has 0 aromatic carbocycles. The number of rotatable bonds is 10. The SMILES string of the molecule is N#C[C@@H]1CC1C(=O)Nc1cc2cc(-c3cnccc3CCO)nc(N)c2cn1.N#C[C@H]1C[C@@H]1C(=O)Nc1cc2cc(-c3cnccc3CCO)nc(N)c2cn1. The van der Waals surface area contributed by atoms with Crippen molar-refractivity contribution in [3.05, 3.63) is 84.7 Å². The maximum absolute atomic E-state index is 12.2. The number of aliphatic hydroxyl groups is 2. The van der Waals surface area contributed by atoms with Crippen molar-refractivity contribution in [2.45, 2.75) is 25.7 Å². The van der Waals surface area contributed by atoms with E-state index in [-0.39, 0.29) is 48.7 Å². The Hall–Kier alpha value is -7.14. The molecule has 16 nitrogen and oxygen atoms in total. The number of hydrogen-bond acceptors (Lipinski definition) is 14. The van der Waals surface area contributed by atoms with Gasteiger partial charge in [0.25, 0.3) is 0 Å². The predicted molar refractivity (Wildman–Crippen MR) is 208 cm³/mol. The van der Waals surface area contributed by atoms with E-state index < -0.39 is 0 Å². The van der Waals surface area contributed by atoms with Gasteiger partial charge in [-0.3, -0.25) is 19.6 Å². The van der Waals surface area contributed by atoms with E-state index >= 15 is 0 Å². The molecule has 0 spiro atoms. The molecule has 0 aliphatic heterocycles. The van der Waals surface area contributed by atoms with E-state index in [0.29, 0.717) is 71.1 Å². The van der Waals surface area contributed by atoms with Gasteiger partial charge in [0, 0.05) is 72.3 Å². The van der Waals surface area contributed by atoms with E-state index in [0.717, 1.165) is 33.0 Å². The highest BCUT2D eigenvalue weighted by atomic mass is 16.3. The van der Waals surface area contributed by atoms with Crippen LogP contribution < -0.4 is 22.1 Å². The van der Waals surface area contributed by atoms with Crippen LogP contribution in [0.25, 0.3) is 44.1 Å². The number of nitrogen functional groups attached to an aromatic ring is 2. The van der Waals surface area contributed by atoms with E-state index in [1.165, 1.54) is 0 Å². The molecule has 2 amide bonds. The first-order valence-electron chi connectivity index (χ1n) is 17.8. The molecule has 1 unspecified atom stereocenters. The highest BCUT2D eigenvalue weighted by molar-refractivity contribution is 6.00. The molecule has 2 aliphatic carbocycles. The second kappa shape index (κ2) is 16.1. The number of aliphatic hydroxyl groups excluding tert-OH is 2. The Morgan fingerprint density at radius 2 is 1.12 bits per heavy atom. The normalized spacial score (nSPS) is 17.9. The van der Waals surface area contributed by atoms with Crippen molar-refractivity contribution in [3.8, 4) is 34.7 Å². The zero-order valence-electron chi connectivity index (χ0n) is 29.9. The third-order valence-electron chi connectivity index (χ3n) is 9.72. The molecule has 0 radical (unpaired) electrons. The lowest BCUT2D eigenvalue weighted by Gasteiger charge is -2.11. The number of carbonyl (C=O) groups excluding carboxylic acids is 2. The van der Waals surface area contributed by atoms with E-state index in [1.807, 2.05) is 24.3 Å². The molecular weight excluding hydrogens is 713 g/mol. The zero-order valence-corrected chi connectivity index (χ0v) is 29.9. The number of nitriles is 2. The zero-order chi connectivity index (χ0) is 39.3. The van der Waals surface area contributed by atoms with Crippen LogP contribution in [0.1, 0.15) is 24.0 Å². The Bertz CT molecular complexity index is 2390. The van der Waals surface area contributed by atoms with Gasteiger partial charge in [-0.05, 0) is 84.0 Å². The summed E-state index contributed by atoms with van der Waals surface area (Å²) in [6.07, 6.45) is 12.0. The summed E-state index contributed by atoms with van der Waals surface area (Å²) in [5.41, 5.74) is 16.9. The number of anilines is 4. The van der Waals surface area contributed by atoms with Crippen LogP contribution >= 0.6 is 0 Å². The fourth-order valence-corrected chi connectivity index (χ4v) is 6.44. The van der Waals surface area contributed by atoms with E-state index in [9.17, 15) is 19.8 Å². The van der Waals surface area contributed by atoms with Crippen LogP contribution in [0.4, 0.5) is 23.3 Å². The van der Waals surface area contributed by atoms with Crippen molar-refractivity contribution in [2.75, 3.05) is 35.3 Å². The third-order valence-corrected chi connectivity index (χ3v) is 9.72. The van der Waals surface area contributed by atoms with Gasteiger partial charge in [-0.15, -0.1) is 0 Å². The number of fused-ring (bicyclic) bond motifs is 2. The molecule has 56 heavy (non-hydrogen) atoms. The van der Waals surface area contributed by atoms with Crippen molar-refractivity contribution in [1.29, 1.82) is 10.5 Å². The molecule has 0 bridgehead atoms. The summed E-state index contributed by atoms with van der Waals surface area (Å²) in [6, 6.07) is 15.1. The number of nitrogens with one attached hydrogen (secondary N) is 2. The predicted octanol–water partition coefficient (Wildman–Crippen LogP) is 3.81. The molecule has 2 saturated carbocycles. The average Bonchev–Trinajstić information content (AvgIpc) is 4.14. The first-order valence-corrected chi connectivity index (χ1v) is 17.8. The number of hydrogen-bond donors (Lipinski definition) is 6. The monoisotopic (exact) mass is 748 g/mol. The molecular formula is C40H36N12O4. The first kappa shape index (κ1) is 37.2. The number of pyridine rings is 6. The number of amides is 2. The summed E-state index contributed by atoms with van der Waals surface area (Å²) in [7, 11) is 0. The van der Waals surface area contributed by atoms with E-state index in [2.05, 4.69) is 52.7 Å². The number of carbonyl (C=O) groups is 2. The van der Waals surface area contributed by atoms with Crippen LogP contribution in [-0.4, -0.2) is 65.1 Å². The van der Waals surface area contributed by atoms with Crippen molar-refractivity contribution in [1.82, 2.24) is 29.9 Å². The summed E-state index contributed by atoms with van der Waals surface area (Å²) in [6.45, 7) is 0.0378. The van der Waals surface area contributed by atoms with Crippen molar-refractivity contribution in [3.63, 3.8) is 0 Å². The molecule has 16 heteroatoms. The van der Waals surface area contributed by atoms with E-state index in [4.69, 9.17) is 22.0 Å². The van der Waals surface area contributed by atoms with Gasteiger partial charge < -0.3 is 32.3 Å². The second-order valence-corrected chi connectivity index (χ2v) is 13.5. The fourth-order valence-electron chi connectivity index (χ4n) is 6.44. The lowest BCUT2D eigenvalue weighted by Crippen LogP contribution is -2.15. The second-order valence-electron chi connectivity index (χ2n) is 13.5. The van der Waals surface area contributed by atoms with Gasteiger partial charge in [-0.25, -0.2) is 19.9 Å². The van der Waals surface area contributed by atoms with Crippen LogP contribution in [0.3, 0.4) is 0 Å². The summed E-state index contributed by atoms with van der Waals surface area (Å²) in [5.74, 6) is 0.112. The molecule has 6 heterocycles. The van der Waals surface area contributed by atoms with Gasteiger partial charge in [0.15, 0.2) is 0 Å². The molecule has 280 valence electrons. The lowest BCUT2D eigenvalue weighted by atomic mass is 10.0. The van der Waals surface area contributed by atoms with Gasteiger partial charge >= 0.3 is 0 Å². The summed E-state index contributed by atoms with van der Waals surface area (Å²) < 4.78 is 0. The maximum atomic E-state index is 12.2. The van der Waals surface area contributed by atoms with Gasteiger partial charge in [0.1, 0.15) is 23.3 Å². The van der Waals surface area contributed by atoms with Gasteiger partial charge in [-0.2, -0.15) is 10.5 Å². The molecule has 2 aliphatic rings. The number of nitrogens with zero attached hydrogens (tertiary/aromatic N) is 8. The van der Waals surface area contributed by atoms with Crippen molar-refractivity contribution >= 4 is 56.6 Å². The van der Waals surface area contributed by atoms with Crippen LogP contribution in [0, 0.1) is 46.3 Å². The Balaban J connectivity index is 0.000000172. The number of nitrogens with two attached hydrogens (primary N) is 2. The topological polar surface area (TPSA) is 276 Å². The molecule has 2 fully saturated rings. The van der Waals surface area contributed by atoms with Gasteiger partial charge in [-0.1, -0.05) is 0 Å². The van der Waals surface area contributed by atoms with Crippen molar-refractivity contribution < 1.29 is 19.8 Å². The Kier molecular flexibility index (Phi) is 10.7. The lowest BCUT2D eigenvalue weighted by molar-refractivity contribution is -0.118. The Labute approximate surface area is 320 Å². The largest absolute Gasteiger partial charge is 0.396 e. The minimum Gasteiger partial charge on any atom is -0.396 e. The standard InChI is InChI=1S/2C20H18N6O2/c2*21-8-13-5-14(13)20(28)26-18-7-12-6-17(25-19(22)16(12)10-24-18)15-9-23-3-1-11(15)2-4-27/h2*1,3,6-7,9-10,13-14,27H,2,4-5H2,(H2,22,25)(H,24,26,28)/t13-,14?;13-,14+/m01/s1. The number of aromatic nitrogens is 6. The Morgan fingerprint density at radius 3 is 1.50 bits per heavy atom. The van der Waals surface area contributed by atoms with Crippen LogP contribution in [0.5, 0.6) is 0 Å². The smallest absolute Gasteiger partial charge is 0.230 e. The van der Waals surface area contributed by atoms with Gasteiger partial charge in [0.05, 0.1) is 47.2 Å². The molecule has 8 N–H and O–H groups in total. The van der Waals surface area contributed by atoms with Crippen molar-refractivity contribution in [2.24, 2.45) is 23.7 Å².